The molecule has 0 amide bonds. The summed E-state index contributed by atoms with van der Waals surface area (Å²) < 4.78 is 1.56. The van der Waals surface area contributed by atoms with Crippen LogP contribution in [-0.4, -0.2) is 4.98 Å². The maximum absolute atomic E-state index is 6.22. The van der Waals surface area contributed by atoms with Crippen LogP contribution >= 0.6 is 50.5 Å². The van der Waals surface area contributed by atoms with E-state index in [1.54, 1.807) is 6.20 Å². The molecule has 0 fully saturated rings. The molecule has 1 heterocycles. The average molecular weight is 352 g/mol. The minimum atomic E-state index is 0.554. The molecule has 0 atom stereocenters. The van der Waals surface area contributed by atoms with Gasteiger partial charge in [-0.05, 0) is 24.6 Å². The van der Waals surface area contributed by atoms with E-state index < -0.39 is 0 Å². The molecule has 0 radical (unpaired) electrons. The van der Waals surface area contributed by atoms with Crippen molar-refractivity contribution in [1.82, 2.24) is 4.98 Å². The first-order valence-electron chi connectivity index (χ1n) is 4.86. The molecule has 0 unspecified atom stereocenters. The Hall–Kier alpha value is -0.290. The number of benzene rings is 1. The molecule has 0 saturated carbocycles. The Morgan fingerprint density at radius 1 is 1.41 bits per heavy atom. The van der Waals surface area contributed by atoms with E-state index in [0.29, 0.717) is 11.0 Å². The van der Waals surface area contributed by atoms with Crippen LogP contribution in [0.5, 0.6) is 0 Å². The largest absolute Gasteiger partial charge is 0.379 e. The zero-order valence-electron chi connectivity index (χ0n) is 8.93. The van der Waals surface area contributed by atoms with Crippen LogP contribution in [0.3, 0.4) is 0 Å². The van der Waals surface area contributed by atoms with Gasteiger partial charge in [0.2, 0.25) is 0 Å². The first kappa shape index (κ1) is 13.1. The molecule has 1 N–H and O–H groups in total. The molecule has 90 valence electrons. The van der Waals surface area contributed by atoms with Crippen molar-refractivity contribution in [1.29, 1.82) is 0 Å². The lowest BCUT2D eigenvalue weighted by molar-refractivity contribution is 1.17. The summed E-state index contributed by atoms with van der Waals surface area (Å²) >= 11 is 16.9. The zero-order chi connectivity index (χ0) is 12.4. The van der Waals surface area contributed by atoms with Crippen LogP contribution in [0.1, 0.15) is 10.4 Å². The number of thiazole rings is 1. The number of nitrogens with one attached hydrogen (secondary N) is 1. The summed E-state index contributed by atoms with van der Waals surface area (Å²) in [5.74, 6) is 0. The van der Waals surface area contributed by atoms with Crippen molar-refractivity contribution in [3.05, 3.63) is 42.7 Å². The average Bonchev–Trinajstić information content (AvgIpc) is 2.67. The van der Waals surface area contributed by atoms with E-state index in [2.05, 4.69) is 26.2 Å². The van der Waals surface area contributed by atoms with Gasteiger partial charge in [0.15, 0.2) is 4.47 Å². The molecule has 0 saturated heterocycles. The normalized spacial score (nSPS) is 10.6. The number of anilines is 1. The lowest BCUT2D eigenvalue weighted by atomic mass is 10.2. The molecular formula is C11H9BrCl2N2S. The Morgan fingerprint density at radius 2 is 2.18 bits per heavy atom. The van der Waals surface area contributed by atoms with E-state index in [1.165, 1.54) is 11.3 Å². The van der Waals surface area contributed by atoms with Crippen molar-refractivity contribution in [2.75, 3.05) is 5.32 Å². The van der Waals surface area contributed by atoms with Gasteiger partial charge in [0.05, 0.1) is 17.3 Å². The molecule has 0 aliphatic carbocycles. The quantitative estimate of drug-likeness (QED) is 0.828. The first-order valence-corrected chi connectivity index (χ1v) is 7.22. The number of halogens is 3. The monoisotopic (exact) mass is 350 g/mol. The Labute approximate surface area is 122 Å². The Balaban J connectivity index is 2.14. The highest BCUT2D eigenvalue weighted by atomic mass is 79.9. The van der Waals surface area contributed by atoms with Crippen LogP contribution in [-0.2, 0) is 6.54 Å². The van der Waals surface area contributed by atoms with Gasteiger partial charge in [-0.3, -0.25) is 0 Å². The van der Waals surface area contributed by atoms with Gasteiger partial charge in [-0.25, -0.2) is 4.98 Å². The number of hydrogen-bond acceptors (Lipinski definition) is 3. The Kier molecular flexibility index (Phi) is 4.31. The minimum Gasteiger partial charge on any atom is -0.379 e. The van der Waals surface area contributed by atoms with Crippen LogP contribution in [0.2, 0.25) is 9.49 Å². The summed E-state index contributed by atoms with van der Waals surface area (Å²) in [6.07, 6.45) is 1.76. The zero-order valence-corrected chi connectivity index (χ0v) is 12.8. The summed E-state index contributed by atoms with van der Waals surface area (Å²) in [6, 6.07) is 3.94. The van der Waals surface area contributed by atoms with Crippen molar-refractivity contribution < 1.29 is 0 Å². The summed E-state index contributed by atoms with van der Waals surface area (Å²) in [5.41, 5.74) is 1.94. The fourth-order valence-corrected chi connectivity index (χ4v) is 3.07. The third kappa shape index (κ3) is 3.35. The lowest BCUT2D eigenvalue weighted by Gasteiger charge is -2.09. The first-order chi connectivity index (χ1) is 8.06. The SMILES string of the molecule is Cc1cc(Br)cc(NCc2cnc(Cl)s2)c1Cl. The molecular weight excluding hydrogens is 343 g/mol. The van der Waals surface area contributed by atoms with Crippen LogP contribution in [0.4, 0.5) is 5.69 Å². The lowest BCUT2D eigenvalue weighted by Crippen LogP contribution is -1.99. The predicted octanol–water partition coefficient (Wildman–Crippen LogP) is 5.13. The number of rotatable bonds is 3. The molecule has 17 heavy (non-hydrogen) atoms. The summed E-state index contributed by atoms with van der Waals surface area (Å²) in [4.78, 5) is 5.06. The number of nitrogens with zero attached hydrogens (tertiary/aromatic N) is 1. The van der Waals surface area contributed by atoms with Gasteiger partial charge in [0.25, 0.3) is 0 Å². The van der Waals surface area contributed by atoms with Gasteiger partial charge in [-0.2, -0.15) is 0 Å². The fraction of sp³-hybridized carbons (Fsp3) is 0.182. The van der Waals surface area contributed by atoms with E-state index in [0.717, 1.165) is 25.6 Å². The minimum absolute atomic E-state index is 0.554. The summed E-state index contributed by atoms with van der Waals surface area (Å²) in [6.45, 7) is 2.64. The van der Waals surface area contributed by atoms with E-state index >= 15 is 0 Å². The number of aromatic nitrogens is 1. The molecule has 0 aliphatic rings. The standard InChI is InChI=1S/C11H9BrCl2N2S/c1-6-2-7(12)3-9(10(6)13)15-4-8-5-16-11(14)17-8/h2-3,5,15H,4H2,1H3. The summed E-state index contributed by atoms with van der Waals surface area (Å²) in [5, 5.41) is 4.01. The van der Waals surface area contributed by atoms with Gasteiger partial charge in [-0.15, -0.1) is 11.3 Å². The highest BCUT2D eigenvalue weighted by Gasteiger charge is 2.06. The second-order valence-electron chi connectivity index (χ2n) is 3.52. The number of hydrogen-bond donors (Lipinski definition) is 1. The van der Waals surface area contributed by atoms with Gasteiger partial charge < -0.3 is 5.32 Å². The second kappa shape index (κ2) is 5.57. The molecule has 0 spiro atoms. The number of aryl methyl sites for hydroxylation is 1. The molecule has 1 aromatic carbocycles. The van der Waals surface area contributed by atoms with Gasteiger partial charge >= 0.3 is 0 Å². The van der Waals surface area contributed by atoms with Crippen LogP contribution in [0.15, 0.2) is 22.8 Å². The van der Waals surface area contributed by atoms with Gasteiger partial charge in [-0.1, -0.05) is 39.1 Å². The molecule has 0 aliphatic heterocycles. The van der Waals surface area contributed by atoms with Crippen molar-refractivity contribution in [2.45, 2.75) is 13.5 Å². The van der Waals surface area contributed by atoms with Crippen molar-refractivity contribution in [3.63, 3.8) is 0 Å². The highest BCUT2D eigenvalue weighted by Crippen LogP contribution is 2.30. The third-order valence-corrected chi connectivity index (χ3v) is 4.27. The van der Waals surface area contributed by atoms with E-state index in [9.17, 15) is 0 Å². The van der Waals surface area contributed by atoms with Crippen LogP contribution < -0.4 is 5.32 Å². The summed E-state index contributed by atoms with van der Waals surface area (Å²) in [7, 11) is 0. The van der Waals surface area contributed by atoms with E-state index in [4.69, 9.17) is 23.2 Å². The van der Waals surface area contributed by atoms with E-state index in [1.807, 2.05) is 19.1 Å². The fourth-order valence-electron chi connectivity index (χ4n) is 1.40. The smallest absolute Gasteiger partial charge is 0.183 e. The van der Waals surface area contributed by atoms with Crippen molar-refractivity contribution in [3.8, 4) is 0 Å². The second-order valence-corrected chi connectivity index (χ2v) is 6.51. The van der Waals surface area contributed by atoms with Crippen LogP contribution in [0.25, 0.3) is 0 Å². The van der Waals surface area contributed by atoms with Crippen LogP contribution in [0, 0.1) is 6.92 Å². The molecule has 1 aromatic heterocycles. The van der Waals surface area contributed by atoms with Crippen molar-refractivity contribution in [2.24, 2.45) is 0 Å². The topological polar surface area (TPSA) is 24.9 Å². The van der Waals surface area contributed by atoms with E-state index in [-0.39, 0.29) is 0 Å². The molecule has 6 heteroatoms. The molecule has 2 rings (SSSR count). The molecule has 0 bridgehead atoms. The van der Waals surface area contributed by atoms with Gasteiger partial charge in [0.1, 0.15) is 0 Å². The predicted molar refractivity (Wildman–Crippen MR) is 78.3 cm³/mol. The third-order valence-electron chi connectivity index (χ3n) is 2.20. The molecule has 2 nitrogen and oxygen atoms in total. The van der Waals surface area contributed by atoms with Gasteiger partial charge in [0, 0.05) is 15.5 Å². The Bertz CT molecular complexity index is 542. The molecule has 2 aromatic rings. The maximum atomic E-state index is 6.22. The van der Waals surface area contributed by atoms with Crippen molar-refractivity contribution >= 4 is 56.2 Å². The maximum Gasteiger partial charge on any atom is 0.183 e. The highest BCUT2D eigenvalue weighted by molar-refractivity contribution is 9.10. The Morgan fingerprint density at radius 3 is 2.82 bits per heavy atom.